The van der Waals surface area contributed by atoms with Crippen LogP contribution in [-0.4, -0.2) is 25.0 Å². The summed E-state index contributed by atoms with van der Waals surface area (Å²) in [5.74, 6) is 0.436. The van der Waals surface area contributed by atoms with E-state index in [1.807, 2.05) is 50.2 Å². The summed E-state index contributed by atoms with van der Waals surface area (Å²) >= 11 is 0. The van der Waals surface area contributed by atoms with Gasteiger partial charge in [0.05, 0.1) is 12.8 Å². The molecule has 0 saturated heterocycles. The Morgan fingerprint density at radius 3 is 2.40 bits per heavy atom. The van der Waals surface area contributed by atoms with Gasteiger partial charge in [0.2, 0.25) is 0 Å². The number of carbonyl (C=O) groups is 2. The van der Waals surface area contributed by atoms with Gasteiger partial charge in [-0.15, -0.1) is 0 Å². The van der Waals surface area contributed by atoms with Gasteiger partial charge in [0, 0.05) is 11.6 Å². The van der Waals surface area contributed by atoms with Crippen molar-refractivity contribution in [2.24, 2.45) is 0 Å². The van der Waals surface area contributed by atoms with Crippen LogP contribution in [0.5, 0.6) is 5.75 Å². The number of aryl methyl sites for hydroxylation is 2. The molecule has 30 heavy (non-hydrogen) atoms. The lowest BCUT2D eigenvalue weighted by molar-refractivity contribution is -0.117. The van der Waals surface area contributed by atoms with Gasteiger partial charge in [0.1, 0.15) is 23.8 Å². The standard InChI is InChI=1S/C24H24N2O4/c1-17-8-3-5-11-20(17)23(27)26-21(16-19-10-7-14-29-19)24(28)25-13-15-30-22-12-6-4-9-18(22)2/h3-12,14,16H,13,15H2,1-2H3,(H,25,28)(H,26,27)/b21-16-. The van der Waals surface area contributed by atoms with Crippen molar-refractivity contribution >= 4 is 17.9 Å². The molecule has 3 rings (SSSR count). The second-order valence-corrected chi connectivity index (χ2v) is 6.71. The number of hydrogen-bond acceptors (Lipinski definition) is 4. The molecule has 3 aromatic rings. The highest BCUT2D eigenvalue weighted by molar-refractivity contribution is 6.05. The molecule has 2 N–H and O–H groups in total. The van der Waals surface area contributed by atoms with Crippen LogP contribution in [0, 0.1) is 13.8 Å². The maximum absolute atomic E-state index is 12.7. The van der Waals surface area contributed by atoms with E-state index in [1.54, 1.807) is 24.3 Å². The minimum atomic E-state index is -0.429. The fraction of sp³-hybridized carbons (Fsp3) is 0.167. The monoisotopic (exact) mass is 404 g/mol. The van der Waals surface area contributed by atoms with E-state index in [9.17, 15) is 9.59 Å². The lowest BCUT2D eigenvalue weighted by Crippen LogP contribution is -2.36. The van der Waals surface area contributed by atoms with E-state index >= 15 is 0 Å². The van der Waals surface area contributed by atoms with Crippen molar-refractivity contribution in [3.05, 3.63) is 95.1 Å². The Bertz CT molecular complexity index is 1040. The topological polar surface area (TPSA) is 80.6 Å². The third-order valence-corrected chi connectivity index (χ3v) is 4.45. The molecule has 0 spiro atoms. The van der Waals surface area contributed by atoms with Crippen molar-refractivity contribution in [3.63, 3.8) is 0 Å². The molecule has 0 unspecified atom stereocenters. The van der Waals surface area contributed by atoms with Gasteiger partial charge in [-0.1, -0.05) is 36.4 Å². The smallest absolute Gasteiger partial charge is 0.268 e. The van der Waals surface area contributed by atoms with E-state index in [0.29, 0.717) is 17.9 Å². The summed E-state index contributed by atoms with van der Waals surface area (Å²) in [5, 5.41) is 5.46. The average molecular weight is 404 g/mol. The van der Waals surface area contributed by atoms with Crippen molar-refractivity contribution in [3.8, 4) is 5.75 Å². The number of nitrogens with one attached hydrogen (secondary N) is 2. The SMILES string of the molecule is Cc1ccccc1OCCNC(=O)/C(=C/c1ccco1)NC(=O)c1ccccc1C. The zero-order valence-corrected chi connectivity index (χ0v) is 17.0. The number of carbonyl (C=O) groups excluding carboxylic acids is 2. The Labute approximate surface area is 175 Å². The minimum absolute atomic E-state index is 0.0918. The fourth-order valence-corrected chi connectivity index (χ4v) is 2.83. The third-order valence-electron chi connectivity index (χ3n) is 4.45. The van der Waals surface area contributed by atoms with Crippen molar-refractivity contribution in [1.82, 2.24) is 10.6 Å². The predicted molar refractivity (Wildman–Crippen MR) is 115 cm³/mol. The van der Waals surface area contributed by atoms with Gasteiger partial charge >= 0.3 is 0 Å². The summed E-state index contributed by atoms with van der Waals surface area (Å²) < 4.78 is 11.0. The molecular formula is C24H24N2O4. The molecule has 1 heterocycles. The Morgan fingerprint density at radius 1 is 0.967 bits per heavy atom. The van der Waals surface area contributed by atoms with Crippen LogP contribution in [0.3, 0.4) is 0 Å². The summed E-state index contributed by atoms with van der Waals surface area (Å²) in [7, 11) is 0. The molecule has 2 amide bonds. The molecule has 0 bridgehead atoms. The van der Waals surface area contributed by atoms with Crippen molar-refractivity contribution in [2.45, 2.75) is 13.8 Å². The minimum Gasteiger partial charge on any atom is -0.491 e. The van der Waals surface area contributed by atoms with Gasteiger partial charge in [0.15, 0.2) is 0 Å². The number of rotatable bonds is 8. The first-order chi connectivity index (χ1) is 14.5. The molecule has 6 nitrogen and oxygen atoms in total. The van der Waals surface area contributed by atoms with Crippen molar-refractivity contribution in [1.29, 1.82) is 0 Å². The van der Waals surface area contributed by atoms with Crippen molar-refractivity contribution < 1.29 is 18.7 Å². The van der Waals surface area contributed by atoms with Gasteiger partial charge in [-0.2, -0.15) is 0 Å². The first-order valence-electron chi connectivity index (χ1n) is 9.63. The molecule has 2 aromatic carbocycles. The normalized spacial score (nSPS) is 11.1. The highest BCUT2D eigenvalue weighted by atomic mass is 16.5. The van der Waals surface area contributed by atoms with Gasteiger partial charge in [0.25, 0.3) is 11.8 Å². The molecule has 6 heteroatoms. The zero-order valence-electron chi connectivity index (χ0n) is 17.0. The number of hydrogen-bond donors (Lipinski definition) is 2. The Balaban J connectivity index is 1.65. The van der Waals surface area contributed by atoms with Gasteiger partial charge in [-0.25, -0.2) is 0 Å². The summed E-state index contributed by atoms with van der Waals surface area (Å²) in [4.78, 5) is 25.4. The summed E-state index contributed by atoms with van der Waals surface area (Å²) in [5.41, 5.74) is 2.43. The lowest BCUT2D eigenvalue weighted by atomic mass is 10.1. The second-order valence-electron chi connectivity index (χ2n) is 6.71. The highest BCUT2D eigenvalue weighted by Crippen LogP contribution is 2.15. The Kier molecular flexibility index (Phi) is 7.05. The van der Waals surface area contributed by atoms with Crippen LogP contribution in [0.15, 0.2) is 77.0 Å². The molecule has 0 aliphatic heterocycles. The van der Waals surface area contributed by atoms with Crippen LogP contribution < -0.4 is 15.4 Å². The number of amides is 2. The zero-order chi connectivity index (χ0) is 21.3. The van der Waals surface area contributed by atoms with E-state index in [0.717, 1.165) is 16.9 Å². The highest BCUT2D eigenvalue weighted by Gasteiger charge is 2.16. The summed E-state index contributed by atoms with van der Waals surface area (Å²) in [6.07, 6.45) is 2.99. The molecule has 0 atom stereocenters. The van der Waals surface area contributed by atoms with Crippen LogP contribution in [0.2, 0.25) is 0 Å². The summed E-state index contributed by atoms with van der Waals surface area (Å²) in [6, 6.07) is 18.3. The van der Waals surface area contributed by atoms with Gasteiger partial charge in [-0.3, -0.25) is 9.59 Å². The maximum atomic E-state index is 12.7. The van der Waals surface area contributed by atoms with Crippen LogP contribution in [0.4, 0.5) is 0 Å². The summed E-state index contributed by atoms with van der Waals surface area (Å²) in [6.45, 7) is 4.38. The lowest BCUT2D eigenvalue weighted by Gasteiger charge is -2.13. The van der Waals surface area contributed by atoms with Gasteiger partial charge < -0.3 is 19.8 Å². The molecule has 0 radical (unpaired) electrons. The maximum Gasteiger partial charge on any atom is 0.268 e. The van der Waals surface area contributed by atoms with Gasteiger partial charge in [-0.05, 0) is 49.2 Å². The van der Waals surface area contributed by atoms with Crippen LogP contribution >= 0.6 is 0 Å². The van der Waals surface area contributed by atoms with E-state index in [4.69, 9.17) is 9.15 Å². The average Bonchev–Trinajstić information content (AvgIpc) is 3.25. The van der Waals surface area contributed by atoms with E-state index in [1.165, 1.54) is 12.3 Å². The quantitative estimate of drug-likeness (QED) is 0.441. The van der Waals surface area contributed by atoms with E-state index in [2.05, 4.69) is 10.6 Å². The Hall–Kier alpha value is -3.80. The molecule has 0 aliphatic rings. The number of benzene rings is 2. The fourth-order valence-electron chi connectivity index (χ4n) is 2.83. The van der Waals surface area contributed by atoms with Crippen molar-refractivity contribution in [2.75, 3.05) is 13.2 Å². The first-order valence-corrected chi connectivity index (χ1v) is 9.63. The first kappa shape index (κ1) is 20.9. The number of ether oxygens (including phenoxy) is 1. The number of furan rings is 1. The van der Waals surface area contributed by atoms with Crippen LogP contribution in [-0.2, 0) is 4.79 Å². The van der Waals surface area contributed by atoms with Crippen LogP contribution in [0.25, 0.3) is 6.08 Å². The van der Waals surface area contributed by atoms with E-state index in [-0.39, 0.29) is 18.1 Å². The molecule has 0 aliphatic carbocycles. The Morgan fingerprint density at radius 2 is 1.70 bits per heavy atom. The molecular weight excluding hydrogens is 380 g/mol. The predicted octanol–water partition coefficient (Wildman–Crippen LogP) is 3.86. The largest absolute Gasteiger partial charge is 0.491 e. The molecule has 1 aromatic heterocycles. The van der Waals surface area contributed by atoms with E-state index < -0.39 is 5.91 Å². The molecule has 154 valence electrons. The van der Waals surface area contributed by atoms with Crippen LogP contribution in [0.1, 0.15) is 27.2 Å². The third kappa shape index (κ3) is 5.61. The second kappa shape index (κ2) is 10.1. The number of para-hydroxylation sites is 1. The molecule has 0 saturated carbocycles. The molecule has 0 fully saturated rings.